The number of rotatable bonds is 4. The van der Waals surface area contributed by atoms with Gasteiger partial charge in [0.15, 0.2) is 0 Å². The van der Waals surface area contributed by atoms with E-state index < -0.39 is 28.5 Å². The van der Waals surface area contributed by atoms with E-state index in [2.05, 4.69) is 15.9 Å². The molecule has 26 heavy (non-hydrogen) atoms. The molecule has 1 aromatic rings. The Morgan fingerprint density at radius 1 is 1.31 bits per heavy atom. The molecule has 0 fully saturated rings. The fourth-order valence-corrected chi connectivity index (χ4v) is 3.34. The number of carbonyl (C=O) groups excluding carboxylic acids is 2. The van der Waals surface area contributed by atoms with Gasteiger partial charge >= 0.3 is 12.1 Å². The Morgan fingerprint density at radius 2 is 2.00 bits per heavy atom. The number of halogens is 4. The number of hydrogen-bond acceptors (Lipinski definition) is 4. The first-order valence-corrected chi connectivity index (χ1v) is 9.69. The summed E-state index contributed by atoms with van der Waals surface area (Å²) >= 11 is 20.4. The van der Waals surface area contributed by atoms with Crippen LogP contribution in [0.15, 0.2) is 28.9 Å². The summed E-state index contributed by atoms with van der Waals surface area (Å²) in [7, 11) is 0. The van der Waals surface area contributed by atoms with Crippen LogP contribution >= 0.6 is 50.7 Å². The highest BCUT2D eigenvalue weighted by atomic mass is 79.9. The number of nitrogens with zero attached hydrogens (tertiary/aromatic N) is 1. The molecule has 0 saturated heterocycles. The van der Waals surface area contributed by atoms with Crippen LogP contribution in [0.5, 0.6) is 0 Å². The number of alkyl halides is 3. The van der Waals surface area contributed by atoms with Crippen molar-refractivity contribution in [3.63, 3.8) is 0 Å². The van der Waals surface area contributed by atoms with Crippen molar-refractivity contribution in [1.82, 2.24) is 4.90 Å². The van der Waals surface area contributed by atoms with E-state index in [-0.39, 0.29) is 12.5 Å². The first kappa shape index (κ1) is 21.4. The van der Waals surface area contributed by atoms with Crippen LogP contribution in [0.3, 0.4) is 0 Å². The van der Waals surface area contributed by atoms with E-state index in [0.717, 1.165) is 15.6 Å². The number of ether oxygens (including phenoxy) is 2. The van der Waals surface area contributed by atoms with E-state index >= 15 is 0 Å². The van der Waals surface area contributed by atoms with E-state index in [4.69, 9.17) is 44.3 Å². The molecule has 1 amide bonds. The standard InChI is InChI=1S/C17H17BrCl3NO4/c1-10(2)26-14(23)8-13-15-11(4-3-5-12(15)18)6-7-22(13)16(24)25-9-17(19,20)21/h3-7,10,13H,8-9H2,1-2H3/t13-/m1/s1. The molecule has 0 N–H and O–H groups in total. The minimum atomic E-state index is -1.72. The number of fused-ring (bicyclic) bond motifs is 1. The molecule has 9 heteroatoms. The second-order valence-corrected chi connectivity index (χ2v) is 9.26. The highest BCUT2D eigenvalue weighted by Gasteiger charge is 2.34. The summed E-state index contributed by atoms with van der Waals surface area (Å²) in [5, 5.41) is 0. The maximum atomic E-state index is 12.5. The lowest BCUT2D eigenvalue weighted by Crippen LogP contribution is -2.36. The molecule has 0 aromatic heterocycles. The Balaban J connectivity index is 2.30. The summed E-state index contributed by atoms with van der Waals surface area (Å²) < 4.78 is 9.34. The zero-order chi connectivity index (χ0) is 19.5. The van der Waals surface area contributed by atoms with Crippen LogP contribution in [0.4, 0.5) is 4.79 Å². The summed E-state index contributed by atoms with van der Waals surface area (Å²) in [6.45, 7) is 3.11. The van der Waals surface area contributed by atoms with Crippen LogP contribution in [0.25, 0.3) is 6.08 Å². The van der Waals surface area contributed by atoms with Crippen molar-refractivity contribution in [3.05, 3.63) is 40.0 Å². The molecule has 142 valence electrons. The van der Waals surface area contributed by atoms with Gasteiger partial charge in [0, 0.05) is 10.7 Å². The van der Waals surface area contributed by atoms with Crippen molar-refractivity contribution in [3.8, 4) is 0 Å². The van der Waals surface area contributed by atoms with E-state index in [9.17, 15) is 9.59 Å². The third kappa shape index (κ3) is 5.78. The highest BCUT2D eigenvalue weighted by molar-refractivity contribution is 9.10. The average molecular weight is 486 g/mol. The van der Waals surface area contributed by atoms with Gasteiger partial charge in [0.25, 0.3) is 0 Å². The molecule has 0 radical (unpaired) electrons. The van der Waals surface area contributed by atoms with Crippen LogP contribution in [0, 0.1) is 0 Å². The lowest BCUT2D eigenvalue weighted by molar-refractivity contribution is -0.148. The summed E-state index contributed by atoms with van der Waals surface area (Å²) in [6.07, 6.45) is 2.27. The lowest BCUT2D eigenvalue weighted by atomic mass is 9.94. The zero-order valence-electron chi connectivity index (χ0n) is 14.0. The van der Waals surface area contributed by atoms with Crippen LogP contribution in [0.2, 0.25) is 0 Å². The van der Waals surface area contributed by atoms with Gasteiger partial charge in [-0.25, -0.2) is 4.79 Å². The van der Waals surface area contributed by atoms with Crippen molar-refractivity contribution in [2.45, 2.75) is 36.2 Å². The van der Waals surface area contributed by atoms with Crippen molar-refractivity contribution in [1.29, 1.82) is 0 Å². The molecule has 2 rings (SSSR count). The first-order valence-electron chi connectivity index (χ1n) is 7.76. The molecule has 1 atom stereocenters. The van der Waals surface area contributed by atoms with E-state index in [1.54, 1.807) is 26.1 Å². The zero-order valence-corrected chi connectivity index (χ0v) is 17.9. The molecular formula is C17H17BrCl3NO4. The van der Waals surface area contributed by atoms with Crippen molar-refractivity contribution < 1.29 is 19.1 Å². The first-order chi connectivity index (χ1) is 12.1. The Labute approximate surface area is 175 Å². The number of benzene rings is 1. The van der Waals surface area contributed by atoms with Crippen molar-refractivity contribution >= 4 is 68.9 Å². The highest BCUT2D eigenvalue weighted by Crippen LogP contribution is 2.38. The maximum Gasteiger partial charge on any atom is 0.414 e. The fraction of sp³-hybridized carbons (Fsp3) is 0.412. The van der Waals surface area contributed by atoms with E-state index in [0.29, 0.717) is 0 Å². The molecule has 5 nitrogen and oxygen atoms in total. The predicted octanol–water partition coefficient (Wildman–Crippen LogP) is 5.63. The number of amides is 1. The maximum absolute atomic E-state index is 12.5. The summed E-state index contributed by atoms with van der Waals surface area (Å²) in [5.41, 5.74) is 1.66. The van der Waals surface area contributed by atoms with Crippen molar-refractivity contribution in [2.75, 3.05) is 6.61 Å². The molecule has 1 aliphatic rings. The third-order valence-corrected chi connectivity index (χ3v) is 4.49. The summed E-state index contributed by atoms with van der Waals surface area (Å²) in [4.78, 5) is 26.0. The SMILES string of the molecule is CC(C)OC(=O)C[C@@H]1c2c(Br)cccc2C=CN1C(=O)OCC(Cl)(Cl)Cl. The Bertz CT molecular complexity index is 718. The number of esters is 1. The molecule has 1 heterocycles. The second-order valence-electron chi connectivity index (χ2n) is 5.89. The molecule has 0 unspecified atom stereocenters. The third-order valence-electron chi connectivity index (χ3n) is 3.47. The quantitative estimate of drug-likeness (QED) is 0.410. The molecule has 0 bridgehead atoms. The molecule has 0 aliphatic carbocycles. The largest absolute Gasteiger partial charge is 0.463 e. The van der Waals surface area contributed by atoms with Gasteiger partial charge in [0.1, 0.15) is 6.61 Å². The minimum Gasteiger partial charge on any atom is -0.463 e. The predicted molar refractivity (Wildman–Crippen MR) is 105 cm³/mol. The number of carbonyl (C=O) groups is 2. The molecule has 1 aliphatic heterocycles. The van der Waals surface area contributed by atoms with Gasteiger partial charge in [0.05, 0.1) is 18.6 Å². The molecule has 0 spiro atoms. The molecular weight excluding hydrogens is 468 g/mol. The van der Waals surface area contributed by atoms with E-state index in [1.165, 1.54) is 4.90 Å². The lowest BCUT2D eigenvalue weighted by Gasteiger charge is -2.33. The van der Waals surface area contributed by atoms with Crippen LogP contribution < -0.4 is 0 Å². The Hall–Kier alpha value is -0.950. The summed E-state index contributed by atoms with van der Waals surface area (Å²) in [5.74, 6) is -0.429. The Morgan fingerprint density at radius 3 is 2.62 bits per heavy atom. The molecule has 0 saturated carbocycles. The van der Waals surface area contributed by atoms with Gasteiger partial charge in [0.2, 0.25) is 3.79 Å². The van der Waals surface area contributed by atoms with Crippen LogP contribution in [-0.4, -0.2) is 33.5 Å². The molecule has 1 aromatic carbocycles. The van der Waals surface area contributed by atoms with Gasteiger partial charge in [-0.05, 0) is 37.1 Å². The van der Waals surface area contributed by atoms with Gasteiger partial charge in [-0.2, -0.15) is 0 Å². The monoisotopic (exact) mass is 483 g/mol. The number of hydrogen-bond donors (Lipinski definition) is 0. The van der Waals surface area contributed by atoms with Gasteiger partial charge in [-0.3, -0.25) is 9.69 Å². The smallest absolute Gasteiger partial charge is 0.414 e. The van der Waals surface area contributed by atoms with Crippen molar-refractivity contribution in [2.24, 2.45) is 0 Å². The average Bonchev–Trinajstić information content (AvgIpc) is 2.51. The van der Waals surface area contributed by atoms with Crippen LogP contribution in [-0.2, 0) is 14.3 Å². The van der Waals surface area contributed by atoms with Gasteiger partial charge in [-0.1, -0.05) is 62.9 Å². The van der Waals surface area contributed by atoms with E-state index in [1.807, 2.05) is 18.2 Å². The fourth-order valence-electron chi connectivity index (χ4n) is 2.53. The minimum absolute atomic E-state index is 0.0407. The normalized spacial score (nSPS) is 16.4. The van der Waals surface area contributed by atoms with Gasteiger partial charge in [-0.15, -0.1) is 0 Å². The van der Waals surface area contributed by atoms with Gasteiger partial charge < -0.3 is 9.47 Å². The topological polar surface area (TPSA) is 55.8 Å². The second kappa shape index (κ2) is 8.83. The summed E-state index contributed by atoms with van der Waals surface area (Å²) in [6, 6.07) is 4.98. The Kier molecular flexibility index (Phi) is 7.25. The van der Waals surface area contributed by atoms with Crippen LogP contribution in [0.1, 0.15) is 37.4 Å².